The Balaban J connectivity index is 0.00000240. The summed E-state index contributed by atoms with van der Waals surface area (Å²) in [6.45, 7) is 0.629. The number of carbonyl (C=O) groups excluding carboxylic acids is 1. The van der Waals surface area contributed by atoms with Gasteiger partial charge in [-0.2, -0.15) is 0 Å². The number of nitrogens with zero attached hydrogens (tertiary/aromatic N) is 2. The van der Waals surface area contributed by atoms with Crippen LogP contribution in [0.3, 0.4) is 0 Å². The Kier molecular flexibility index (Phi) is 7.29. The maximum Gasteiger partial charge on any atom is 0.204 e. The maximum absolute atomic E-state index is 12.9. The minimum absolute atomic E-state index is 0. The van der Waals surface area contributed by atoms with Crippen molar-refractivity contribution in [3.8, 4) is 0 Å². The third-order valence-electron chi connectivity index (χ3n) is 5.66. The van der Waals surface area contributed by atoms with Crippen molar-refractivity contribution < 1.29 is 9.90 Å². The second-order valence-electron chi connectivity index (χ2n) is 7.54. The number of Topliss-reactive ketones (excluding diaryl/α,β-unsaturated/α-hetero) is 1. The van der Waals surface area contributed by atoms with Gasteiger partial charge in [0, 0.05) is 12.1 Å². The van der Waals surface area contributed by atoms with Gasteiger partial charge in [-0.05, 0) is 36.5 Å². The van der Waals surface area contributed by atoms with Crippen LogP contribution in [0.15, 0.2) is 48.5 Å². The molecule has 0 amide bonds. The fraction of sp³-hybridized carbons (Fsp3) is 0.391. The quantitative estimate of drug-likeness (QED) is 0.546. The van der Waals surface area contributed by atoms with Crippen LogP contribution in [0.4, 0.5) is 5.95 Å². The van der Waals surface area contributed by atoms with E-state index >= 15 is 0 Å². The Morgan fingerprint density at radius 2 is 1.79 bits per heavy atom. The maximum atomic E-state index is 12.9. The van der Waals surface area contributed by atoms with E-state index in [1.807, 2.05) is 41.0 Å². The SMILES string of the molecule is Cl.O=C(Cn1c(NCCO)nc2ccccc21)c1ccc(C2CCCCC2)cc1. The molecular weight excluding hydrogens is 386 g/mol. The van der Waals surface area contributed by atoms with E-state index in [0.717, 1.165) is 16.6 Å². The fourth-order valence-electron chi connectivity index (χ4n) is 4.15. The van der Waals surface area contributed by atoms with Gasteiger partial charge in [0.15, 0.2) is 5.78 Å². The van der Waals surface area contributed by atoms with Crippen molar-refractivity contribution in [3.63, 3.8) is 0 Å². The zero-order chi connectivity index (χ0) is 19.3. The first kappa shape index (κ1) is 21.3. The van der Waals surface area contributed by atoms with Crippen molar-refractivity contribution in [1.29, 1.82) is 0 Å². The van der Waals surface area contributed by atoms with Gasteiger partial charge in [0.25, 0.3) is 0 Å². The van der Waals surface area contributed by atoms with E-state index in [0.29, 0.717) is 18.4 Å². The van der Waals surface area contributed by atoms with E-state index in [4.69, 9.17) is 5.11 Å². The van der Waals surface area contributed by atoms with Crippen molar-refractivity contribution in [2.24, 2.45) is 0 Å². The zero-order valence-corrected chi connectivity index (χ0v) is 17.3. The average molecular weight is 414 g/mol. The standard InChI is InChI=1S/C23H27N3O2.ClH/c27-15-14-24-23-25-20-8-4-5-9-21(20)26(23)16-22(28)19-12-10-18(11-13-19)17-6-2-1-3-7-17;/h4-5,8-13,17,27H,1-3,6-7,14-16H2,(H,24,25);1H. The molecule has 1 fully saturated rings. The summed E-state index contributed by atoms with van der Waals surface area (Å²) in [7, 11) is 0. The number of para-hydroxylation sites is 2. The molecule has 4 rings (SSSR count). The van der Waals surface area contributed by atoms with Crippen molar-refractivity contribution in [3.05, 3.63) is 59.7 Å². The molecule has 154 valence electrons. The largest absolute Gasteiger partial charge is 0.395 e. The Hall–Kier alpha value is -2.37. The van der Waals surface area contributed by atoms with Crippen molar-refractivity contribution in [2.45, 2.75) is 44.6 Å². The molecule has 5 nitrogen and oxygen atoms in total. The number of halogens is 1. The number of rotatable bonds is 7. The highest BCUT2D eigenvalue weighted by molar-refractivity contribution is 5.97. The average Bonchev–Trinajstić information content (AvgIpc) is 3.10. The number of benzene rings is 2. The van der Waals surface area contributed by atoms with E-state index in [1.165, 1.54) is 37.7 Å². The first-order valence-corrected chi connectivity index (χ1v) is 10.2. The van der Waals surface area contributed by atoms with Crippen LogP contribution in [0.5, 0.6) is 0 Å². The van der Waals surface area contributed by atoms with Gasteiger partial charge in [-0.25, -0.2) is 4.98 Å². The molecule has 6 heteroatoms. The number of carbonyl (C=O) groups is 1. The van der Waals surface area contributed by atoms with E-state index in [9.17, 15) is 4.79 Å². The van der Waals surface area contributed by atoms with Gasteiger partial charge in [0.2, 0.25) is 5.95 Å². The zero-order valence-electron chi connectivity index (χ0n) is 16.5. The molecule has 2 aromatic carbocycles. The van der Waals surface area contributed by atoms with Gasteiger partial charge < -0.3 is 15.0 Å². The molecular formula is C23H28ClN3O2. The molecule has 3 aromatic rings. The number of anilines is 1. The highest BCUT2D eigenvalue weighted by Gasteiger charge is 2.17. The second kappa shape index (κ2) is 9.90. The fourth-order valence-corrected chi connectivity index (χ4v) is 4.15. The minimum atomic E-state index is 0. The lowest BCUT2D eigenvalue weighted by molar-refractivity contribution is 0.0974. The summed E-state index contributed by atoms with van der Waals surface area (Å²) in [6, 6.07) is 15.9. The number of hydrogen-bond acceptors (Lipinski definition) is 4. The van der Waals surface area contributed by atoms with Crippen molar-refractivity contribution >= 4 is 35.2 Å². The van der Waals surface area contributed by atoms with Gasteiger partial charge in [-0.1, -0.05) is 55.7 Å². The number of hydrogen-bond donors (Lipinski definition) is 2. The van der Waals surface area contributed by atoms with Gasteiger partial charge >= 0.3 is 0 Å². The predicted molar refractivity (Wildman–Crippen MR) is 119 cm³/mol. The van der Waals surface area contributed by atoms with Crippen molar-refractivity contribution in [1.82, 2.24) is 9.55 Å². The first-order chi connectivity index (χ1) is 13.8. The third-order valence-corrected chi connectivity index (χ3v) is 5.66. The molecule has 1 heterocycles. The van der Waals surface area contributed by atoms with Crippen molar-refractivity contribution in [2.75, 3.05) is 18.5 Å². The van der Waals surface area contributed by atoms with Gasteiger partial charge in [-0.3, -0.25) is 4.79 Å². The Morgan fingerprint density at radius 3 is 2.52 bits per heavy atom. The molecule has 1 aromatic heterocycles. The number of aliphatic hydroxyl groups excluding tert-OH is 1. The lowest BCUT2D eigenvalue weighted by atomic mass is 9.84. The van der Waals surface area contributed by atoms with Crippen LogP contribution in [0.25, 0.3) is 11.0 Å². The molecule has 0 spiro atoms. The molecule has 1 aliphatic rings. The number of nitrogens with one attached hydrogen (secondary N) is 1. The number of fused-ring (bicyclic) bond motifs is 1. The van der Waals surface area contributed by atoms with Crippen LogP contribution in [-0.4, -0.2) is 33.6 Å². The molecule has 1 aliphatic carbocycles. The van der Waals surface area contributed by atoms with E-state index in [1.54, 1.807) is 0 Å². The number of imidazole rings is 1. The molecule has 1 saturated carbocycles. The molecule has 0 atom stereocenters. The summed E-state index contributed by atoms with van der Waals surface area (Å²) in [6.07, 6.45) is 6.48. The van der Waals surface area contributed by atoms with E-state index < -0.39 is 0 Å². The summed E-state index contributed by atoms with van der Waals surface area (Å²) >= 11 is 0. The smallest absolute Gasteiger partial charge is 0.204 e. The predicted octanol–water partition coefficient (Wildman–Crippen LogP) is 4.79. The number of aromatic nitrogens is 2. The minimum Gasteiger partial charge on any atom is -0.395 e. The number of aliphatic hydroxyl groups is 1. The lowest BCUT2D eigenvalue weighted by Crippen LogP contribution is -2.16. The highest BCUT2D eigenvalue weighted by atomic mass is 35.5. The topological polar surface area (TPSA) is 67.2 Å². The van der Waals surface area contributed by atoms with E-state index in [2.05, 4.69) is 22.4 Å². The van der Waals surface area contributed by atoms with Crippen LogP contribution >= 0.6 is 12.4 Å². The lowest BCUT2D eigenvalue weighted by Gasteiger charge is -2.22. The van der Waals surface area contributed by atoms with Gasteiger partial charge in [0.05, 0.1) is 24.2 Å². The van der Waals surface area contributed by atoms with Crippen LogP contribution in [0.1, 0.15) is 53.9 Å². The third kappa shape index (κ3) is 4.80. The Morgan fingerprint density at radius 1 is 1.07 bits per heavy atom. The molecule has 2 N–H and O–H groups in total. The Bertz CT molecular complexity index is 946. The second-order valence-corrected chi connectivity index (χ2v) is 7.54. The normalized spacial score (nSPS) is 14.5. The molecule has 0 saturated heterocycles. The van der Waals surface area contributed by atoms with Gasteiger partial charge in [-0.15, -0.1) is 12.4 Å². The molecule has 0 radical (unpaired) electrons. The van der Waals surface area contributed by atoms with Crippen LogP contribution in [-0.2, 0) is 6.54 Å². The summed E-state index contributed by atoms with van der Waals surface area (Å²) < 4.78 is 1.89. The van der Waals surface area contributed by atoms with Gasteiger partial charge in [0.1, 0.15) is 0 Å². The molecule has 0 unspecified atom stereocenters. The Labute approximate surface area is 177 Å². The van der Waals surface area contributed by atoms with Crippen LogP contribution < -0.4 is 5.32 Å². The summed E-state index contributed by atoms with van der Waals surface area (Å²) in [5.41, 5.74) is 3.83. The molecule has 0 aliphatic heterocycles. The monoisotopic (exact) mass is 413 g/mol. The van der Waals surface area contributed by atoms with Crippen LogP contribution in [0, 0.1) is 0 Å². The highest BCUT2D eigenvalue weighted by Crippen LogP contribution is 2.32. The van der Waals surface area contributed by atoms with Crippen LogP contribution in [0.2, 0.25) is 0 Å². The molecule has 29 heavy (non-hydrogen) atoms. The number of ketones is 1. The van der Waals surface area contributed by atoms with E-state index in [-0.39, 0.29) is 31.3 Å². The molecule has 0 bridgehead atoms. The summed E-state index contributed by atoms with van der Waals surface area (Å²) in [5, 5.41) is 12.2. The first-order valence-electron chi connectivity index (χ1n) is 10.2. The summed E-state index contributed by atoms with van der Waals surface area (Å²) in [5.74, 6) is 1.32. The summed E-state index contributed by atoms with van der Waals surface area (Å²) in [4.78, 5) is 17.5.